The van der Waals surface area contributed by atoms with E-state index in [0.29, 0.717) is 13.0 Å². The maximum Gasteiger partial charge on any atom is 0.220 e. The van der Waals surface area contributed by atoms with Gasteiger partial charge in [-0.15, -0.1) is 0 Å². The average Bonchev–Trinajstić information content (AvgIpc) is 2.15. The molecule has 14 heavy (non-hydrogen) atoms. The molecule has 0 radical (unpaired) electrons. The van der Waals surface area contributed by atoms with Gasteiger partial charge in [0.2, 0.25) is 11.8 Å². The summed E-state index contributed by atoms with van der Waals surface area (Å²) >= 11 is 0. The molecule has 0 fully saturated rings. The summed E-state index contributed by atoms with van der Waals surface area (Å²) in [5, 5.41) is 5.27. The van der Waals surface area contributed by atoms with Crippen LogP contribution in [0, 0.1) is 0 Å². The zero-order chi connectivity index (χ0) is 10.8. The lowest BCUT2D eigenvalue weighted by atomic mass is 10.5. The van der Waals surface area contributed by atoms with Crippen molar-refractivity contribution in [2.75, 3.05) is 25.1 Å². The highest BCUT2D eigenvalue weighted by Gasteiger charge is 1.97. The summed E-state index contributed by atoms with van der Waals surface area (Å²) < 4.78 is 0. The third-order valence-electron chi connectivity index (χ3n) is 1.33. The standard InChI is InChI=1S/C8H16N2O2S2/c1-7(11)10-4-6-14-13-5-3-8(12)9-2/h3-6H2,1-2H3,(H,9,12)(H,10,11). The molecule has 2 N–H and O–H groups in total. The van der Waals surface area contributed by atoms with E-state index in [4.69, 9.17) is 0 Å². The smallest absolute Gasteiger partial charge is 0.220 e. The fourth-order valence-corrected chi connectivity index (χ4v) is 2.54. The molecule has 0 atom stereocenters. The molecule has 0 saturated heterocycles. The van der Waals surface area contributed by atoms with Crippen molar-refractivity contribution in [2.45, 2.75) is 13.3 Å². The first-order valence-electron chi connectivity index (χ1n) is 4.36. The summed E-state index contributed by atoms with van der Waals surface area (Å²) in [5.41, 5.74) is 0. The third kappa shape index (κ3) is 9.73. The highest BCUT2D eigenvalue weighted by Crippen LogP contribution is 2.20. The van der Waals surface area contributed by atoms with Gasteiger partial charge in [0.1, 0.15) is 0 Å². The average molecular weight is 236 g/mol. The van der Waals surface area contributed by atoms with Crippen LogP contribution >= 0.6 is 21.6 Å². The van der Waals surface area contributed by atoms with E-state index in [1.54, 1.807) is 28.6 Å². The SMILES string of the molecule is CNC(=O)CCSSCCNC(C)=O. The van der Waals surface area contributed by atoms with E-state index in [2.05, 4.69) is 10.6 Å². The van der Waals surface area contributed by atoms with Gasteiger partial charge in [-0.1, -0.05) is 21.6 Å². The van der Waals surface area contributed by atoms with E-state index in [1.165, 1.54) is 6.92 Å². The molecule has 0 rings (SSSR count). The first-order valence-corrected chi connectivity index (χ1v) is 6.85. The Balaban J connectivity index is 3.06. The maximum atomic E-state index is 10.8. The molecule has 0 aliphatic rings. The van der Waals surface area contributed by atoms with Gasteiger partial charge < -0.3 is 10.6 Å². The molecule has 0 aliphatic heterocycles. The molecular formula is C8H16N2O2S2. The number of carbonyl (C=O) groups is 2. The fraction of sp³-hybridized carbons (Fsp3) is 0.750. The highest BCUT2D eigenvalue weighted by molar-refractivity contribution is 8.76. The highest BCUT2D eigenvalue weighted by atomic mass is 33.1. The molecule has 0 saturated carbocycles. The maximum absolute atomic E-state index is 10.8. The number of hydrogen-bond acceptors (Lipinski definition) is 4. The molecule has 0 aromatic rings. The van der Waals surface area contributed by atoms with Crippen molar-refractivity contribution >= 4 is 33.4 Å². The Morgan fingerprint density at radius 1 is 1.21 bits per heavy atom. The van der Waals surface area contributed by atoms with Crippen molar-refractivity contribution in [1.29, 1.82) is 0 Å². The topological polar surface area (TPSA) is 58.2 Å². The van der Waals surface area contributed by atoms with Crippen LogP contribution in [0.15, 0.2) is 0 Å². The van der Waals surface area contributed by atoms with Crippen LogP contribution in [0.1, 0.15) is 13.3 Å². The Labute approximate surface area is 92.4 Å². The lowest BCUT2D eigenvalue weighted by Gasteiger charge is -2.01. The van der Waals surface area contributed by atoms with Gasteiger partial charge in [-0.25, -0.2) is 0 Å². The van der Waals surface area contributed by atoms with Crippen LogP contribution in [0.25, 0.3) is 0 Å². The molecule has 0 aromatic carbocycles. The Hall–Kier alpha value is -0.360. The molecule has 0 aliphatic carbocycles. The zero-order valence-corrected chi connectivity index (χ0v) is 10.1. The molecule has 0 aromatic heterocycles. The second-order valence-electron chi connectivity index (χ2n) is 2.55. The Morgan fingerprint density at radius 2 is 1.86 bits per heavy atom. The van der Waals surface area contributed by atoms with Gasteiger partial charge in [0.15, 0.2) is 0 Å². The molecular weight excluding hydrogens is 220 g/mol. The monoisotopic (exact) mass is 236 g/mol. The fourth-order valence-electron chi connectivity index (χ4n) is 0.646. The molecule has 2 amide bonds. The number of rotatable bonds is 7. The molecule has 6 heteroatoms. The summed E-state index contributed by atoms with van der Waals surface area (Å²) in [7, 11) is 4.96. The van der Waals surface area contributed by atoms with Crippen LogP contribution in [0.3, 0.4) is 0 Å². The van der Waals surface area contributed by atoms with Gasteiger partial charge in [0.05, 0.1) is 0 Å². The van der Waals surface area contributed by atoms with E-state index in [1.807, 2.05) is 0 Å². The molecule has 82 valence electrons. The zero-order valence-electron chi connectivity index (χ0n) is 8.46. The first-order chi connectivity index (χ1) is 6.66. The third-order valence-corrected chi connectivity index (χ3v) is 3.74. The van der Waals surface area contributed by atoms with E-state index in [-0.39, 0.29) is 11.8 Å². The second kappa shape index (κ2) is 9.21. The van der Waals surface area contributed by atoms with Crippen molar-refractivity contribution < 1.29 is 9.59 Å². The van der Waals surface area contributed by atoms with Gasteiger partial charge in [-0.05, 0) is 0 Å². The first kappa shape index (κ1) is 13.6. The number of hydrogen-bond donors (Lipinski definition) is 2. The van der Waals surface area contributed by atoms with E-state index in [0.717, 1.165) is 11.5 Å². The van der Waals surface area contributed by atoms with Crippen LogP contribution in [0.2, 0.25) is 0 Å². The van der Waals surface area contributed by atoms with Crippen LogP contribution in [0.5, 0.6) is 0 Å². The van der Waals surface area contributed by atoms with Crippen molar-refractivity contribution in [3.63, 3.8) is 0 Å². The molecule has 0 spiro atoms. The minimum Gasteiger partial charge on any atom is -0.359 e. The molecule has 0 heterocycles. The summed E-state index contributed by atoms with van der Waals surface area (Å²) in [5.74, 6) is 1.75. The van der Waals surface area contributed by atoms with Crippen LogP contribution in [-0.4, -0.2) is 36.9 Å². The Bertz CT molecular complexity index is 188. The predicted molar refractivity (Wildman–Crippen MR) is 62.3 cm³/mol. The van der Waals surface area contributed by atoms with E-state index >= 15 is 0 Å². The predicted octanol–water partition coefficient (Wildman–Crippen LogP) is 0.640. The van der Waals surface area contributed by atoms with Crippen LogP contribution in [0.4, 0.5) is 0 Å². The summed E-state index contributed by atoms with van der Waals surface area (Å²) in [6, 6.07) is 0. The van der Waals surface area contributed by atoms with Gasteiger partial charge in [0.25, 0.3) is 0 Å². The largest absolute Gasteiger partial charge is 0.359 e. The number of amides is 2. The van der Waals surface area contributed by atoms with Crippen molar-refractivity contribution in [3.05, 3.63) is 0 Å². The van der Waals surface area contributed by atoms with E-state index in [9.17, 15) is 9.59 Å². The van der Waals surface area contributed by atoms with Gasteiger partial charge in [-0.2, -0.15) is 0 Å². The van der Waals surface area contributed by atoms with Gasteiger partial charge in [0, 0.05) is 38.4 Å². The Morgan fingerprint density at radius 3 is 2.43 bits per heavy atom. The number of nitrogens with one attached hydrogen (secondary N) is 2. The lowest BCUT2D eigenvalue weighted by molar-refractivity contribution is -0.120. The minimum absolute atomic E-state index is 0.000890. The quantitative estimate of drug-likeness (QED) is 0.503. The van der Waals surface area contributed by atoms with E-state index < -0.39 is 0 Å². The van der Waals surface area contributed by atoms with Crippen molar-refractivity contribution in [3.8, 4) is 0 Å². The molecule has 4 nitrogen and oxygen atoms in total. The summed E-state index contributed by atoms with van der Waals surface area (Å²) in [4.78, 5) is 21.3. The lowest BCUT2D eigenvalue weighted by Crippen LogP contribution is -2.22. The van der Waals surface area contributed by atoms with Crippen LogP contribution < -0.4 is 10.6 Å². The summed E-state index contributed by atoms with van der Waals surface area (Å²) in [6.07, 6.45) is 0.550. The molecule has 0 unspecified atom stereocenters. The Kier molecular flexibility index (Phi) is 8.97. The second-order valence-corrected chi connectivity index (χ2v) is 5.25. The van der Waals surface area contributed by atoms with Crippen LogP contribution in [-0.2, 0) is 9.59 Å². The van der Waals surface area contributed by atoms with Gasteiger partial charge >= 0.3 is 0 Å². The van der Waals surface area contributed by atoms with Crippen molar-refractivity contribution in [2.24, 2.45) is 0 Å². The van der Waals surface area contributed by atoms with Crippen molar-refractivity contribution in [1.82, 2.24) is 10.6 Å². The number of carbonyl (C=O) groups excluding carboxylic acids is 2. The minimum atomic E-state index is 0.000890. The molecule has 0 bridgehead atoms. The summed E-state index contributed by atoms with van der Waals surface area (Å²) in [6.45, 7) is 2.19. The van der Waals surface area contributed by atoms with Gasteiger partial charge in [-0.3, -0.25) is 9.59 Å². The normalized spacial score (nSPS) is 9.57.